The van der Waals surface area contributed by atoms with Crippen LogP contribution in [0.5, 0.6) is 0 Å². The Balaban J connectivity index is 3.36. The van der Waals surface area contributed by atoms with Gasteiger partial charge in [0.1, 0.15) is 5.82 Å². The number of anilines is 1. The predicted octanol–water partition coefficient (Wildman–Crippen LogP) is 0.919. The van der Waals surface area contributed by atoms with Crippen molar-refractivity contribution >= 4 is 17.9 Å². The van der Waals surface area contributed by atoms with E-state index in [9.17, 15) is 14.0 Å². The van der Waals surface area contributed by atoms with Gasteiger partial charge in [0.05, 0.1) is 11.1 Å². The van der Waals surface area contributed by atoms with Crippen LogP contribution in [-0.4, -0.2) is 17.4 Å². The molecule has 0 aliphatic heterocycles. The predicted molar refractivity (Wildman–Crippen MR) is 43.2 cm³/mol. The van der Waals surface area contributed by atoms with Gasteiger partial charge in [0.2, 0.25) is 0 Å². The Morgan fingerprint density at radius 1 is 1.54 bits per heavy atom. The van der Waals surface area contributed by atoms with Gasteiger partial charge in [0, 0.05) is 5.69 Å². The molecule has 0 fully saturated rings. The van der Waals surface area contributed by atoms with E-state index in [-0.39, 0.29) is 23.1 Å². The lowest BCUT2D eigenvalue weighted by Crippen LogP contribution is -2.03. The van der Waals surface area contributed by atoms with Crippen LogP contribution in [0.3, 0.4) is 0 Å². The van der Waals surface area contributed by atoms with Crippen LogP contribution in [0.1, 0.15) is 20.7 Å². The molecule has 1 aromatic rings. The normalized spacial score (nSPS) is 9.62. The minimum Gasteiger partial charge on any atom is -0.478 e. The second-order valence-electron chi connectivity index (χ2n) is 2.38. The van der Waals surface area contributed by atoms with Gasteiger partial charge < -0.3 is 10.8 Å². The molecule has 1 rings (SSSR count). The number of aromatic carboxylic acids is 1. The zero-order valence-electron chi connectivity index (χ0n) is 6.45. The highest BCUT2D eigenvalue weighted by Gasteiger charge is 2.11. The average Bonchev–Trinajstić information content (AvgIpc) is 2.03. The Hall–Kier alpha value is -1.91. The Morgan fingerprint density at radius 3 is 2.54 bits per heavy atom. The minimum atomic E-state index is -1.29. The zero-order chi connectivity index (χ0) is 10.0. The molecule has 13 heavy (non-hydrogen) atoms. The maximum Gasteiger partial charge on any atom is 0.335 e. The molecule has 0 amide bonds. The number of nitrogens with two attached hydrogens (primary N) is 1. The summed E-state index contributed by atoms with van der Waals surface area (Å²) in [6.07, 6.45) is 0.246. The lowest BCUT2D eigenvalue weighted by atomic mass is 10.1. The van der Waals surface area contributed by atoms with E-state index in [1.54, 1.807) is 0 Å². The molecule has 5 heteroatoms. The number of carbonyl (C=O) groups is 2. The number of hydrogen-bond donors (Lipinski definition) is 2. The summed E-state index contributed by atoms with van der Waals surface area (Å²) in [7, 11) is 0. The molecule has 0 unspecified atom stereocenters. The van der Waals surface area contributed by atoms with E-state index in [2.05, 4.69) is 0 Å². The SMILES string of the molecule is Nc1cc(C(=O)O)cc(F)c1C=O. The number of nitrogen functional groups attached to an aromatic ring is 1. The van der Waals surface area contributed by atoms with Crippen molar-refractivity contribution in [1.82, 2.24) is 0 Å². The Labute approximate surface area is 72.8 Å². The van der Waals surface area contributed by atoms with Crippen molar-refractivity contribution in [2.24, 2.45) is 0 Å². The van der Waals surface area contributed by atoms with Crippen molar-refractivity contribution in [3.8, 4) is 0 Å². The molecular formula is C8H6FNO3. The van der Waals surface area contributed by atoms with E-state index in [1.165, 1.54) is 0 Å². The van der Waals surface area contributed by atoms with Crippen molar-refractivity contribution < 1.29 is 19.1 Å². The molecule has 0 bridgehead atoms. The highest BCUT2D eigenvalue weighted by atomic mass is 19.1. The van der Waals surface area contributed by atoms with Gasteiger partial charge in [-0.05, 0) is 12.1 Å². The molecule has 0 spiro atoms. The summed E-state index contributed by atoms with van der Waals surface area (Å²) in [5.74, 6) is -2.21. The molecule has 4 nitrogen and oxygen atoms in total. The smallest absolute Gasteiger partial charge is 0.335 e. The van der Waals surface area contributed by atoms with Gasteiger partial charge in [0.25, 0.3) is 0 Å². The van der Waals surface area contributed by atoms with Crippen LogP contribution in [0.2, 0.25) is 0 Å². The summed E-state index contributed by atoms with van der Waals surface area (Å²) in [5, 5.41) is 8.49. The van der Waals surface area contributed by atoms with Crippen molar-refractivity contribution in [2.75, 3.05) is 5.73 Å². The molecule has 0 saturated carbocycles. The summed E-state index contributed by atoms with van der Waals surface area (Å²) < 4.78 is 12.9. The van der Waals surface area contributed by atoms with Gasteiger partial charge >= 0.3 is 5.97 Å². The van der Waals surface area contributed by atoms with Gasteiger partial charge in [-0.15, -0.1) is 0 Å². The molecule has 3 N–H and O–H groups in total. The van der Waals surface area contributed by atoms with Crippen LogP contribution in [0, 0.1) is 5.82 Å². The van der Waals surface area contributed by atoms with Gasteiger partial charge in [-0.2, -0.15) is 0 Å². The molecule has 0 aliphatic carbocycles. The van der Waals surface area contributed by atoms with Crippen molar-refractivity contribution in [2.45, 2.75) is 0 Å². The highest BCUT2D eigenvalue weighted by molar-refractivity contribution is 5.92. The number of carboxylic acid groups (broad SMARTS) is 1. The minimum absolute atomic E-state index is 0.174. The van der Waals surface area contributed by atoms with E-state index >= 15 is 0 Å². The fourth-order valence-corrected chi connectivity index (χ4v) is 0.887. The van der Waals surface area contributed by atoms with Gasteiger partial charge in [-0.25, -0.2) is 9.18 Å². The fourth-order valence-electron chi connectivity index (χ4n) is 0.887. The third-order valence-electron chi connectivity index (χ3n) is 1.53. The fraction of sp³-hybridized carbons (Fsp3) is 0. The number of aldehydes is 1. The van der Waals surface area contributed by atoms with Crippen LogP contribution >= 0.6 is 0 Å². The molecule has 0 aromatic heterocycles. The van der Waals surface area contributed by atoms with Gasteiger partial charge in [-0.1, -0.05) is 0 Å². The van der Waals surface area contributed by atoms with Crippen LogP contribution in [0.4, 0.5) is 10.1 Å². The molecule has 0 aliphatic rings. The van der Waals surface area contributed by atoms with E-state index in [0.717, 1.165) is 12.1 Å². The lowest BCUT2D eigenvalue weighted by molar-refractivity contribution is 0.0696. The van der Waals surface area contributed by atoms with Gasteiger partial charge in [-0.3, -0.25) is 4.79 Å². The lowest BCUT2D eigenvalue weighted by Gasteiger charge is -2.01. The second kappa shape index (κ2) is 3.22. The molecule has 1 aromatic carbocycles. The topological polar surface area (TPSA) is 80.4 Å². The Kier molecular flexibility index (Phi) is 2.27. The zero-order valence-corrected chi connectivity index (χ0v) is 6.45. The van der Waals surface area contributed by atoms with Crippen molar-refractivity contribution in [1.29, 1.82) is 0 Å². The average molecular weight is 183 g/mol. The summed E-state index contributed by atoms with van der Waals surface area (Å²) in [6.45, 7) is 0. The van der Waals surface area contributed by atoms with Crippen molar-refractivity contribution in [3.05, 3.63) is 29.1 Å². The third kappa shape index (κ3) is 1.64. The van der Waals surface area contributed by atoms with E-state index < -0.39 is 11.8 Å². The van der Waals surface area contributed by atoms with E-state index in [0.29, 0.717) is 0 Å². The third-order valence-corrected chi connectivity index (χ3v) is 1.53. The largest absolute Gasteiger partial charge is 0.478 e. The molecule has 0 heterocycles. The molecule has 0 atom stereocenters. The summed E-state index contributed by atoms with van der Waals surface area (Å²) in [5.41, 5.74) is 4.47. The number of halogens is 1. The maximum absolute atomic E-state index is 12.9. The molecule has 68 valence electrons. The Morgan fingerprint density at radius 2 is 2.15 bits per heavy atom. The number of rotatable bonds is 2. The van der Waals surface area contributed by atoms with Crippen LogP contribution in [0.25, 0.3) is 0 Å². The van der Waals surface area contributed by atoms with Crippen LogP contribution in [-0.2, 0) is 0 Å². The number of carboxylic acids is 1. The standard InChI is InChI=1S/C8H6FNO3/c9-6-1-4(8(12)13)2-7(10)5(6)3-11/h1-3H,10H2,(H,12,13). The molecular weight excluding hydrogens is 177 g/mol. The Bertz CT molecular complexity index is 353. The van der Waals surface area contributed by atoms with Crippen molar-refractivity contribution in [3.63, 3.8) is 0 Å². The first-order valence-electron chi connectivity index (χ1n) is 3.33. The van der Waals surface area contributed by atoms with Crippen LogP contribution < -0.4 is 5.73 Å². The first-order valence-corrected chi connectivity index (χ1v) is 3.33. The summed E-state index contributed by atoms with van der Waals surface area (Å²) in [4.78, 5) is 20.7. The van der Waals surface area contributed by atoms with E-state index in [4.69, 9.17) is 10.8 Å². The first-order chi connectivity index (χ1) is 6.06. The summed E-state index contributed by atoms with van der Waals surface area (Å²) in [6, 6.07) is 1.79. The van der Waals surface area contributed by atoms with Gasteiger partial charge in [0.15, 0.2) is 6.29 Å². The molecule has 0 radical (unpaired) electrons. The monoisotopic (exact) mass is 183 g/mol. The molecule has 0 saturated heterocycles. The number of benzene rings is 1. The quantitative estimate of drug-likeness (QED) is 0.527. The maximum atomic E-state index is 12.9. The summed E-state index contributed by atoms with van der Waals surface area (Å²) >= 11 is 0. The second-order valence-corrected chi connectivity index (χ2v) is 2.38. The number of hydrogen-bond acceptors (Lipinski definition) is 3. The first kappa shape index (κ1) is 9.18. The van der Waals surface area contributed by atoms with E-state index in [1.807, 2.05) is 0 Å². The van der Waals surface area contributed by atoms with Crippen LogP contribution in [0.15, 0.2) is 12.1 Å². The highest BCUT2D eigenvalue weighted by Crippen LogP contribution is 2.16. The number of carbonyl (C=O) groups excluding carboxylic acids is 1.